The van der Waals surface area contributed by atoms with Crippen molar-refractivity contribution in [3.05, 3.63) is 22.8 Å². The molecule has 138 valence electrons. The Morgan fingerprint density at radius 3 is 2.73 bits per heavy atom. The first-order chi connectivity index (χ1) is 12.4. The van der Waals surface area contributed by atoms with E-state index in [2.05, 4.69) is 20.2 Å². The summed E-state index contributed by atoms with van der Waals surface area (Å²) in [7, 11) is 4.05. The van der Waals surface area contributed by atoms with Crippen molar-refractivity contribution in [1.82, 2.24) is 14.9 Å². The Morgan fingerprint density at radius 2 is 2.12 bits per heavy atom. The molecule has 3 heterocycles. The van der Waals surface area contributed by atoms with Gasteiger partial charge < -0.3 is 26.1 Å². The van der Waals surface area contributed by atoms with Crippen LogP contribution in [0.25, 0.3) is 21.7 Å². The van der Waals surface area contributed by atoms with Crippen LogP contribution in [0.3, 0.4) is 0 Å². The van der Waals surface area contributed by atoms with E-state index in [0.717, 1.165) is 25.3 Å². The van der Waals surface area contributed by atoms with Gasteiger partial charge in [-0.15, -0.1) is 11.3 Å². The summed E-state index contributed by atoms with van der Waals surface area (Å²) >= 11 is 1.17. The van der Waals surface area contributed by atoms with E-state index in [-0.39, 0.29) is 4.88 Å². The van der Waals surface area contributed by atoms with Crippen LogP contribution in [-0.4, -0.2) is 48.0 Å². The molecular formula is C17H22N6O2S. The highest BCUT2D eigenvalue weighted by molar-refractivity contribution is 7.21. The fraction of sp³-hybridized carbons (Fsp3) is 0.353. The third kappa shape index (κ3) is 3.63. The topological polar surface area (TPSA) is 123 Å². The fourth-order valence-electron chi connectivity index (χ4n) is 2.62. The first-order valence-electron chi connectivity index (χ1n) is 8.22. The molecule has 0 radical (unpaired) electrons. The van der Waals surface area contributed by atoms with Gasteiger partial charge in [0.25, 0.3) is 5.91 Å². The molecule has 0 aliphatic carbocycles. The number of fused-ring (bicyclic) bond motifs is 1. The SMILES string of the molecule is Cc1ccc(-c2nc(NCCCN(C)C)nc3sc(C(N)=O)c(N)c23)o1. The number of amides is 1. The molecule has 0 saturated heterocycles. The summed E-state index contributed by atoms with van der Waals surface area (Å²) in [4.78, 5) is 23.7. The third-order valence-corrected chi connectivity index (χ3v) is 4.97. The number of nitrogen functional groups attached to an aromatic ring is 1. The largest absolute Gasteiger partial charge is 0.460 e. The van der Waals surface area contributed by atoms with E-state index in [1.807, 2.05) is 33.2 Å². The predicted molar refractivity (Wildman–Crippen MR) is 104 cm³/mol. The number of hydrogen-bond donors (Lipinski definition) is 3. The normalized spacial score (nSPS) is 11.4. The molecular weight excluding hydrogens is 352 g/mol. The molecule has 0 aliphatic heterocycles. The maximum absolute atomic E-state index is 11.7. The standard InChI is InChI=1S/C17H22N6O2S/c1-9-5-6-10(25-9)13-11-12(18)14(15(19)24)26-16(11)22-17(21-13)20-7-4-8-23(2)3/h5-6H,4,7-8,18H2,1-3H3,(H2,19,24)(H,20,21,22). The number of aryl methyl sites for hydroxylation is 1. The number of carbonyl (C=O) groups excluding carboxylic acids is 1. The summed E-state index contributed by atoms with van der Waals surface area (Å²) in [5, 5.41) is 3.82. The van der Waals surface area contributed by atoms with E-state index in [0.29, 0.717) is 33.3 Å². The highest BCUT2D eigenvalue weighted by Gasteiger charge is 2.22. The minimum Gasteiger partial charge on any atom is -0.460 e. The van der Waals surface area contributed by atoms with Crippen LogP contribution in [0.15, 0.2) is 16.5 Å². The summed E-state index contributed by atoms with van der Waals surface area (Å²) in [6.45, 7) is 3.54. The van der Waals surface area contributed by atoms with Gasteiger partial charge in [0, 0.05) is 6.54 Å². The molecule has 3 aromatic rings. The summed E-state index contributed by atoms with van der Waals surface area (Å²) in [5.74, 6) is 1.23. The van der Waals surface area contributed by atoms with E-state index in [9.17, 15) is 4.79 Å². The smallest absolute Gasteiger partial charge is 0.260 e. The molecule has 0 atom stereocenters. The number of thiophene rings is 1. The summed E-state index contributed by atoms with van der Waals surface area (Å²) in [6.07, 6.45) is 0.947. The van der Waals surface area contributed by atoms with Crippen molar-refractivity contribution < 1.29 is 9.21 Å². The predicted octanol–water partition coefficient (Wildman–Crippen LogP) is 2.30. The average molecular weight is 374 g/mol. The summed E-state index contributed by atoms with van der Waals surface area (Å²) in [5.41, 5.74) is 12.4. The lowest BCUT2D eigenvalue weighted by molar-refractivity contribution is 0.100. The van der Waals surface area contributed by atoms with Crippen molar-refractivity contribution in [3.63, 3.8) is 0 Å². The Bertz CT molecular complexity index is 946. The lowest BCUT2D eigenvalue weighted by Crippen LogP contribution is -2.17. The minimum absolute atomic E-state index is 0.281. The molecule has 0 bridgehead atoms. The first-order valence-corrected chi connectivity index (χ1v) is 9.03. The van der Waals surface area contributed by atoms with Crippen LogP contribution < -0.4 is 16.8 Å². The Labute approximate surface area is 155 Å². The number of carbonyl (C=O) groups is 1. The van der Waals surface area contributed by atoms with Crippen molar-refractivity contribution >= 4 is 39.1 Å². The van der Waals surface area contributed by atoms with Crippen LogP contribution in [0.4, 0.5) is 11.6 Å². The Balaban J connectivity index is 2.04. The molecule has 0 unspecified atom stereocenters. The van der Waals surface area contributed by atoms with Gasteiger partial charge in [0.15, 0.2) is 5.76 Å². The van der Waals surface area contributed by atoms with Crippen molar-refractivity contribution in [1.29, 1.82) is 0 Å². The third-order valence-electron chi connectivity index (χ3n) is 3.85. The Hall–Kier alpha value is -2.65. The number of hydrogen-bond acceptors (Lipinski definition) is 8. The van der Waals surface area contributed by atoms with Crippen LogP contribution in [0, 0.1) is 6.92 Å². The number of rotatable bonds is 7. The average Bonchev–Trinajstić information content (AvgIpc) is 3.15. The first kappa shape index (κ1) is 18.2. The number of aromatic nitrogens is 2. The zero-order valence-electron chi connectivity index (χ0n) is 15.0. The summed E-state index contributed by atoms with van der Waals surface area (Å²) in [6, 6.07) is 3.68. The van der Waals surface area contributed by atoms with Gasteiger partial charge >= 0.3 is 0 Å². The van der Waals surface area contributed by atoms with Gasteiger partial charge in [-0.05, 0) is 46.1 Å². The van der Waals surface area contributed by atoms with Gasteiger partial charge in [-0.25, -0.2) is 9.97 Å². The van der Waals surface area contributed by atoms with E-state index < -0.39 is 5.91 Å². The number of furan rings is 1. The highest BCUT2D eigenvalue weighted by Crippen LogP contribution is 2.39. The number of nitrogens with two attached hydrogens (primary N) is 2. The van der Waals surface area contributed by atoms with Crippen LogP contribution in [0.1, 0.15) is 21.9 Å². The number of primary amides is 1. The van der Waals surface area contributed by atoms with E-state index in [4.69, 9.17) is 15.9 Å². The highest BCUT2D eigenvalue weighted by atomic mass is 32.1. The number of nitrogens with one attached hydrogen (secondary N) is 1. The zero-order valence-corrected chi connectivity index (χ0v) is 15.8. The summed E-state index contributed by atoms with van der Waals surface area (Å²) < 4.78 is 5.72. The maximum atomic E-state index is 11.7. The molecule has 0 saturated carbocycles. The van der Waals surface area contributed by atoms with E-state index >= 15 is 0 Å². The van der Waals surface area contributed by atoms with Crippen molar-refractivity contribution in [2.75, 3.05) is 38.2 Å². The van der Waals surface area contributed by atoms with Crippen LogP contribution >= 0.6 is 11.3 Å². The molecule has 3 rings (SSSR count). The van der Waals surface area contributed by atoms with Crippen molar-refractivity contribution in [2.24, 2.45) is 5.73 Å². The second-order valence-electron chi connectivity index (χ2n) is 6.28. The molecule has 0 aliphatic rings. The second kappa shape index (κ2) is 7.30. The van der Waals surface area contributed by atoms with Crippen molar-refractivity contribution in [3.8, 4) is 11.5 Å². The van der Waals surface area contributed by atoms with Crippen LogP contribution in [-0.2, 0) is 0 Å². The van der Waals surface area contributed by atoms with Crippen molar-refractivity contribution in [2.45, 2.75) is 13.3 Å². The lowest BCUT2D eigenvalue weighted by Gasteiger charge is -2.10. The van der Waals surface area contributed by atoms with Gasteiger partial charge in [-0.3, -0.25) is 4.79 Å². The van der Waals surface area contributed by atoms with Crippen LogP contribution in [0.5, 0.6) is 0 Å². The van der Waals surface area contributed by atoms with E-state index in [1.165, 1.54) is 11.3 Å². The molecule has 8 nitrogen and oxygen atoms in total. The van der Waals surface area contributed by atoms with Gasteiger partial charge in [0.1, 0.15) is 21.2 Å². The monoisotopic (exact) mass is 374 g/mol. The molecule has 26 heavy (non-hydrogen) atoms. The second-order valence-corrected chi connectivity index (χ2v) is 7.28. The maximum Gasteiger partial charge on any atom is 0.260 e. The van der Waals surface area contributed by atoms with Gasteiger partial charge in [-0.1, -0.05) is 0 Å². The lowest BCUT2D eigenvalue weighted by atomic mass is 10.2. The zero-order chi connectivity index (χ0) is 18.8. The Morgan fingerprint density at radius 1 is 1.35 bits per heavy atom. The van der Waals surface area contributed by atoms with Gasteiger partial charge in [-0.2, -0.15) is 0 Å². The molecule has 9 heteroatoms. The van der Waals surface area contributed by atoms with Gasteiger partial charge in [0.05, 0.1) is 11.1 Å². The Kier molecular flexibility index (Phi) is 5.10. The fourth-order valence-corrected chi connectivity index (χ4v) is 3.57. The molecule has 5 N–H and O–H groups in total. The quantitative estimate of drug-likeness (QED) is 0.542. The van der Waals surface area contributed by atoms with Crippen LogP contribution in [0.2, 0.25) is 0 Å². The minimum atomic E-state index is -0.576. The number of nitrogens with zero attached hydrogens (tertiary/aromatic N) is 3. The molecule has 3 aromatic heterocycles. The number of anilines is 2. The van der Waals surface area contributed by atoms with E-state index in [1.54, 1.807) is 0 Å². The van der Waals surface area contributed by atoms with Gasteiger partial charge in [0.2, 0.25) is 5.95 Å². The molecule has 1 amide bonds. The molecule has 0 fully saturated rings. The molecule has 0 aromatic carbocycles. The molecule has 0 spiro atoms.